The molecule has 0 saturated carbocycles. The van der Waals surface area contributed by atoms with E-state index in [1.54, 1.807) is 0 Å². The van der Waals surface area contributed by atoms with Crippen LogP contribution in [0.25, 0.3) is 6.08 Å². The molecule has 0 atom stereocenters. The summed E-state index contributed by atoms with van der Waals surface area (Å²) in [6.07, 6.45) is 1.89. The van der Waals surface area contributed by atoms with Crippen molar-refractivity contribution >= 4 is 40.3 Å². The van der Waals surface area contributed by atoms with Crippen LogP contribution in [0.15, 0.2) is 58.4 Å². The zero-order valence-corrected chi connectivity index (χ0v) is 17.1. The van der Waals surface area contributed by atoms with Gasteiger partial charge in [-0.3, -0.25) is 4.79 Å². The number of hydrogen-bond donors (Lipinski definition) is 1. The number of aliphatic imine (C=N–C) groups is 1. The monoisotopic (exact) mass is 409 g/mol. The van der Waals surface area contributed by atoms with Gasteiger partial charge < -0.3 is 19.7 Å². The molecule has 2 saturated heterocycles. The van der Waals surface area contributed by atoms with Crippen LogP contribution >= 0.6 is 11.8 Å². The molecular formula is C22H23N3O3S. The summed E-state index contributed by atoms with van der Waals surface area (Å²) in [6.45, 7) is 5.91. The molecule has 2 aliphatic rings. The van der Waals surface area contributed by atoms with Crippen molar-refractivity contribution in [1.29, 1.82) is 0 Å². The first-order valence-electron chi connectivity index (χ1n) is 9.66. The van der Waals surface area contributed by atoms with Crippen molar-refractivity contribution in [2.45, 2.75) is 6.92 Å². The van der Waals surface area contributed by atoms with Crippen LogP contribution in [-0.2, 0) is 9.53 Å². The standard InChI is InChI=1S/C22H23N3O3S/c1-2-28-19-9-5-17(6-10-19)23-22-24-21(26)20(29-22)15-16-3-7-18(8-4-16)25-11-13-27-14-12-25/h3-10,15H,2,11-14H2,1H3,(H,23,24,26). The maximum absolute atomic E-state index is 12.3. The molecule has 6 nitrogen and oxygen atoms in total. The molecule has 7 heteroatoms. The second kappa shape index (κ2) is 9.15. The first-order valence-corrected chi connectivity index (χ1v) is 10.5. The first-order chi connectivity index (χ1) is 14.2. The van der Waals surface area contributed by atoms with Gasteiger partial charge in [0.2, 0.25) is 0 Å². The molecule has 0 aromatic heterocycles. The number of benzene rings is 2. The Kier molecular flexibility index (Phi) is 6.17. The number of nitrogens with zero attached hydrogens (tertiary/aromatic N) is 2. The zero-order chi connectivity index (χ0) is 20.1. The second-order valence-electron chi connectivity index (χ2n) is 6.60. The lowest BCUT2D eigenvalue weighted by Gasteiger charge is -2.28. The minimum Gasteiger partial charge on any atom is -0.494 e. The SMILES string of the molecule is CCOc1ccc(N=C2NC(=O)C(=Cc3ccc(N4CCOCC4)cc3)S2)cc1. The number of hydrogen-bond acceptors (Lipinski definition) is 6. The summed E-state index contributed by atoms with van der Waals surface area (Å²) in [4.78, 5) is 19.8. The van der Waals surface area contributed by atoms with Crippen LogP contribution in [0.1, 0.15) is 12.5 Å². The van der Waals surface area contributed by atoms with Crippen LogP contribution in [-0.4, -0.2) is 44.0 Å². The molecule has 0 radical (unpaired) electrons. The molecule has 0 spiro atoms. The zero-order valence-electron chi connectivity index (χ0n) is 16.3. The summed E-state index contributed by atoms with van der Waals surface area (Å²) in [6, 6.07) is 15.7. The van der Waals surface area contributed by atoms with E-state index in [9.17, 15) is 4.79 Å². The Morgan fingerprint density at radius 3 is 2.55 bits per heavy atom. The molecule has 2 aliphatic heterocycles. The predicted molar refractivity (Wildman–Crippen MR) is 118 cm³/mol. The number of ether oxygens (including phenoxy) is 2. The third-order valence-corrected chi connectivity index (χ3v) is 5.51. The number of nitrogens with one attached hydrogen (secondary N) is 1. The Hall–Kier alpha value is -2.77. The summed E-state index contributed by atoms with van der Waals surface area (Å²) < 4.78 is 10.8. The molecule has 150 valence electrons. The van der Waals surface area contributed by atoms with Gasteiger partial charge in [-0.05, 0) is 66.7 Å². The molecule has 2 heterocycles. The smallest absolute Gasteiger partial charge is 0.264 e. The van der Waals surface area contributed by atoms with E-state index in [-0.39, 0.29) is 5.91 Å². The molecular weight excluding hydrogens is 386 g/mol. The number of morpholine rings is 1. The fourth-order valence-electron chi connectivity index (χ4n) is 3.14. The fraction of sp³-hybridized carbons (Fsp3) is 0.273. The largest absolute Gasteiger partial charge is 0.494 e. The van der Waals surface area contributed by atoms with Gasteiger partial charge in [0, 0.05) is 18.8 Å². The van der Waals surface area contributed by atoms with Gasteiger partial charge >= 0.3 is 0 Å². The highest BCUT2D eigenvalue weighted by Crippen LogP contribution is 2.29. The second-order valence-corrected chi connectivity index (χ2v) is 7.63. The van der Waals surface area contributed by atoms with E-state index in [1.165, 1.54) is 17.4 Å². The molecule has 1 N–H and O–H groups in total. The van der Waals surface area contributed by atoms with Crippen LogP contribution in [0.3, 0.4) is 0 Å². The van der Waals surface area contributed by atoms with E-state index >= 15 is 0 Å². The normalized spacial score (nSPS) is 19.6. The lowest BCUT2D eigenvalue weighted by molar-refractivity contribution is -0.115. The third-order valence-electron chi connectivity index (χ3n) is 4.60. The molecule has 4 rings (SSSR count). The highest BCUT2D eigenvalue weighted by molar-refractivity contribution is 8.18. The molecule has 29 heavy (non-hydrogen) atoms. The number of carbonyl (C=O) groups is 1. The Balaban J connectivity index is 1.43. The summed E-state index contributed by atoms with van der Waals surface area (Å²) >= 11 is 1.35. The van der Waals surface area contributed by atoms with Gasteiger partial charge in [-0.15, -0.1) is 0 Å². The van der Waals surface area contributed by atoms with E-state index in [0.717, 1.165) is 43.3 Å². The van der Waals surface area contributed by atoms with Crippen LogP contribution < -0.4 is 15.0 Å². The van der Waals surface area contributed by atoms with E-state index < -0.39 is 0 Å². The number of amides is 1. The maximum atomic E-state index is 12.3. The molecule has 0 aliphatic carbocycles. The van der Waals surface area contributed by atoms with Crippen molar-refractivity contribution in [2.24, 2.45) is 4.99 Å². The highest BCUT2D eigenvalue weighted by Gasteiger charge is 2.23. The quantitative estimate of drug-likeness (QED) is 0.761. The van der Waals surface area contributed by atoms with Gasteiger partial charge in [0.1, 0.15) is 5.75 Å². The van der Waals surface area contributed by atoms with Crippen molar-refractivity contribution in [2.75, 3.05) is 37.8 Å². The van der Waals surface area contributed by atoms with Crippen molar-refractivity contribution in [3.05, 3.63) is 59.0 Å². The number of thioether (sulfide) groups is 1. The van der Waals surface area contributed by atoms with Crippen LogP contribution in [0.2, 0.25) is 0 Å². The topological polar surface area (TPSA) is 63.2 Å². The third kappa shape index (κ3) is 4.99. The van der Waals surface area contributed by atoms with Gasteiger partial charge in [0.05, 0.1) is 30.4 Å². The van der Waals surface area contributed by atoms with Crippen molar-refractivity contribution < 1.29 is 14.3 Å². The Morgan fingerprint density at radius 1 is 1.14 bits per heavy atom. The van der Waals surface area contributed by atoms with Gasteiger partial charge in [0.25, 0.3) is 5.91 Å². The minimum absolute atomic E-state index is 0.128. The van der Waals surface area contributed by atoms with E-state index in [2.05, 4.69) is 27.3 Å². The molecule has 0 bridgehead atoms. The molecule has 0 unspecified atom stereocenters. The van der Waals surface area contributed by atoms with Crippen molar-refractivity contribution in [1.82, 2.24) is 5.32 Å². The predicted octanol–water partition coefficient (Wildman–Crippen LogP) is 3.81. The highest BCUT2D eigenvalue weighted by atomic mass is 32.2. The number of carbonyl (C=O) groups excluding carboxylic acids is 1. The summed E-state index contributed by atoms with van der Waals surface area (Å²) in [5.41, 5.74) is 2.94. The fourth-order valence-corrected chi connectivity index (χ4v) is 3.98. The number of anilines is 1. The average molecular weight is 410 g/mol. The summed E-state index contributed by atoms with van der Waals surface area (Å²) in [5, 5.41) is 3.41. The number of rotatable bonds is 5. The Bertz CT molecular complexity index is 917. The van der Waals surface area contributed by atoms with Crippen molar-refractivity contribution in [3.63, 3.8) is 0 Å². The van der Waals surface area contributed by atoms with E-state index in [1.807, 2.05) is 49.4 Å². The van der Waals surface area contributed by atoms with Crippen LogP contribution in [0.4, 0.5) is 11.4 Å². The lowest BCUT2D eigenvalue weighted by atomic mass is 10.1. The molecule has 2 fully saturated rings. The van der Waals surface area contributed by atoms with Gasteiger partial charge in [-0.25, -0.2) is 4.99 Å². The summed E-state index contributed by atoms with van der Waals surface area (Å²) in [7, 11) is 0. The van der Waals surface area contributed by atoms with E-state index in [4.69, 9.17) is 9.47 Å². The molecule has 2 aromatic carbocycles. The Labute approximate surface area is 174 Å². The maximum Gasteiger partial charge on any atom is 0.264 e. The lowest BCUT2D eigenvalue weighted by Crippen LogP contribution is -2.36. The van der Waals surface area contributed by atoms with Gasteiger partial charge in [0.15, 0.2) is 5.17 Å². The van der Waals surface area contributed by atoms with Crippen LogP contribution in [0.5, 0.6) is 5.75 Å². The van der Waals surface area contributed by atoms with Gasteiger partial charge in [-0.2, -0.15) is 0 Å². The first kappa shape index (κ1) is 19.5. The van der Waals surface area contributed by atoms with Gasteiger partial charge in [-0.1, -0.05) is 12.1 Å². The average Bonchev–Trinajstić information content (AvgIpc) is 3.09. The van der Waals surface area contributed by atoms with Crippen molar-refractivity contribution in [3.8, 4) is 5.75 Å². The molecule has 2 aromatic rings. The van der Waals surface area contributed by atoms with Crippen LogP contribution in [0, 0.1) is 0 Å². The number of amidine groups is 1. The van der Waals surface area contributed by atoms with E-state index in [0.29, 0.717) is 16.7 Å². The summed E-state index contributed by atoms with van der Waals surface area (Å²) in [5.74, 6) is 0.678. The minimum atomic E-state index is -0.128. The molecule has 1 amide bonds. The Morgan fingerprint density at radius 2 is 1.86 bits per heavy atom.